The van der Waals surface area contributed by atoms with E-state index in [1.54, 1.807) is 11.3 Å². The Morgan fingerprint density at radius 3 is 3.04 bits per heavy atom. The van der Waals surface area contributed by atoms with Crippen LogP contribution in [-0.2, 0) is 17.6 Å². The molecule has 0 bridgehead atoms. The zero-order valence-electron chi connectivity index (χ0n) is 14.3. The number of nitrogens with one attached hydrogen (secondary N) is 1. The van der Waals surface area contributed by atoms with E-state index in [9.17, 15) is 9.59 Å². The van der Waals surface area contributed by atoms with Crippen molar-refractivity contribution in [2.24, 2.45) is 17.6 Å². The highest BCUT2D eigenvalue weighted by atomic mass is 32.1. The number of piperidine rings is 1. The number of aryl methyl sites for hydroxylation is 1. The highest BCUT2D eigenvalue weighted by Gasteiger charge is 2.30. The minimum atomic E-state index is -0.108. The zero-order chi connectivity index (χ0) is 17.1. The summed E-state index contributed by atoms with van der Waals surface area (Å²) in [6.07, 6.45) is 5.13. The third-order valence-corrected chi connectivity index (χ3v) is 6.29. The first-order valence-electron chi connectivity index (χ1n) is 8.97. The molecule has 3 N–H and O–H groups in total. The maximum Gasteiger partial charge on any atom is 0.263 e. The van der Waals surface area contributed by atoms with E-state index in [1.165, 1.54) is 16.9 Å². The summed E-state index contributed by atoms with van der Waals surface area (Å²) >= 11 is 1.65. The maximum atomic E-state index is 12.9. The van der Waals surface area contributed by atoms with E-state index in [1.807, 2.05) is 4.90 Å². The van der Waals surface area contributed by atoms with Crippen molar-refractivity contribution < 1.29 is 9.59 Å². The van der Waals surface area contributed by atoms with Crippen LogP contribution in [0.4, 0.5) is 0 Å². The number of hydrogen-bond donors (Lipinski definition) is 2. The van der Waals surface area contributed by atoms with Crippen LogP contribution in [0.3, 0.4) is 0 Å². The monoisotopic (exact) mass is 349 g/mol. The molecular formula is C18H27N3O2S. The van der Waals surface area contributed by atoms with E-state index in [-0.39, 0.29) is 17.7 Å². The quantitative estimate of drug-likeness (QED) is 0.870. The van der Waals surface area contributed by atoms with E-state index in [4.69, 9.17) is 5.73 Å². The van der Waals surface area contributed by atoms with Crippen molar-refractivity contribution >= 4 is 23.2 Å². The Morgan fingerprint density at radius 2 is 2.25 bits per heavy atom. The summed E-state index contributed by atoms with van der Waals surface area (Å²) in [6.45, 7) is 4.49. The normalized spacial score (nSPS) is 23.7. The van der Waals surface area contributed by atoms with Crippen molar-refractivity contribution in [3.8, 4) is 0 Å². The summed E-state index contributed by atoms with van der Waals surface area (Å²) in [4.78, 5) is 29.1. The molecule has 3 rings (SSSR count). The molecule has 1 aromatic heterocycles. The molecule has 5 nitrogen and oxygen atoms in total. The molecule has 2 aliphatic rings. The second-order valence-electron chi connectivity index (χ2n) is 7.08. The Kier molecular flexibility index (Phi) is 5.56. The van der Waals surface area contributed by atoms with Crippen LogP contribution in [0.15, 0.2) is 6.07 Å². The van der Waals surface area contributed by atoms with Crippen molar-refractivity contribution in [2.45, 2.75) is 39.0 Å². The first-order valence-corrected chi connectivity index (χ1v) is 9.78. The summed E-state index contributed by atoms with van der Waals surface area (Å²) in [6, 6.07) is 2.09. The molecule has 1 aliphatic heterocycles. The fraction of sp³-hybridized carbons (Fsp3) is 0.667. The second-order valence-corrected chi connectivity index (χ2v) is 8.21. The number of thiophene rings is 1. The average molecular weight is 350 g/mol. The van der Waals surface area contributed by atoms with E-state index in [2.05, 4.69) is 18.3 Å². The van der Waals surface area contributed by atoms with Gasteiger partial charge in [0.05, 0.1) is 10.8 Å². The molecule has 1 saturated heterocycles. The Balaban J connectivity index is 1.65. The van der Waals surface area contributed by atoms with Gasteiger partial charge < -0.3 is 16.0 Å². The van der Waals surface area contributed by atoms with Gasteiger partial charge in [-0.15, -0.1) is 11.3 Å². The van der Waals surface area contributed by atoms with Crippen LogP contribution in [0.5, 0.6) is 0 Å². The van der Waals surface area contributed by atoms with Gasteiger partial charge in [0.15, 0.2) is 0 Å². The fourth-order valence-corrected chi connectivity index (χ4v) is 4.86. The zero-order valence-corrected chi connectivity index (χ0v) is 15.2. The predicted octanol–water partition coefficient (Wildman–Crippen LogP) is 1.80. The SMILES string of the molecule is CC1CCc2sc(C(=O)N3CCCC(C(=O)NCCN)C3)cc2C1. The first-order chi connectivity index (χ1) is 11.6. The van der Waals surface area contributed by atoms with Crippen LogP contribution in [-0.4, -0.2) is 42.9 Å². The molecule has 1 aliphatic carbocycles. The molecule has 0 radical (unpaired) electrons. The van der Waals surface area contributed by atoms with Gasteiger partial charge in [-0.05, 0) is 49.7 Å². The Morgan fingerprint density at radius 1 is 1.42 bits per heavy atom. The number of carbonyl (C=O) groups excluding carboxylic acids is 2. The predicted molar refractivity (Wildman–Crippen MR) is 96.2 cm³/mol. The maximum absolute atomic E-state index is 12.9. The number of fused-ring (bicyclic) bond motifs is 1. The number of amides is 2. The van der Waals surface area contributed by atoms with Crippen LogP contribution >= 0.6 is 11.3 Å². The van der Waals surface area contributed by atoms with Crippen molar-refractivity contribution in [1.82, 2.24) is 10.2 Å². The van der Waals surface area contributed by atoms with Crippen LogP contribution in [0.2, 0.25) is 0 Å². The van der Waals surface area contributed by atoms with Crippen LogP contribution in [0, 0.1) is 11.8 Å². The third-order valence-electron chi connectivity index (χ3n) is 5.06. The Bertz CT molecular complexity index is 613. The van der Waals surface area contributed by atoms with E-state index < -0.39 is 0 Å². The van der Waals surface area contributed by atoms with E-state index in [0.29, 0.717) is 25.6 Å². The summed E-state index contributed by atoms with van der Waals surface area (Å²) in [5.74, 6) is 0.722. The minimum absolute atomic E-state index is 0.0252. The van der Waals surface area contributed by atoms with Crippen LogP contribution in [0.25, 0.3) is 0 Å². The largest absolute Gasteiger partial charge is 0.355 e. The summed E-state index contributed by atoms with van der Waals surface area (Å²) in [5, 5.41) is 2.85. The van der Waals surface area contributed by atoms with Crippen molar-refractivity contribution in [3.63, 3.8) is 0 Å². The molecular weight excluding hydrogens is 322 g/mol. The molecule has 0 spiro atoms. The van der Waals surface area contributed by atoms with Crippen molar-refractivity contribution in [1.29, 1.82) is 0 Å². The number of carbonyl (C=O) groups is 2. The molecule has 2 unspecified atom stereocenters. The van der Waals surface area contributed by atoms with E-state index >= 15 is 0 Å². The molecule has 0 aromatic carbocycles. The molecule has 24 heavy (non-hydrogen) atoms. The lowest BCUT2D eigenvalue weighted by molar-refractivity contribution is -0.126. The van der Waals surface area contributed by atoms with Crippen LogP contribution in [0.1, 0.15) is 46.3 Å². The van der Waals surface area contributed by atoms with Gasteiger partial charge in [-0.25, -0.2) is 0 Å². The lowest BCUT2D eigenvalue weighted by atomic mass is 9.90. The van der Waals surface area contributed by atoms with Gasteiger partial charge in [0, 0.05) is 31.1 Å². The Labute approximate surface area is 147 Å². The topological polar surface area (TPSA) is 75.4 Å². The van der Waals surface area contributed by atoms with Crippen LogP contribution < -0.4 is 11.1 Å². The smallest absolute Gasteiger partial charge is 0.263 e. The number of hydrogen-bond acceptors (Lipinski definition) is 4. The molecule has 132 valence electrons. The van der Waals surface area contributed by atoms with Gasteiger partial charge in [0.1, 0.15) is 0 Å². The number of nitrogens with two attached hydrogens (primary N) is 1. The standard InChI is InChI=1S/C18H27N3O2S/c1-12-4-5-15-14(9-12)10-16(24-15)18(23)21-8-2-3-13(11-21)17(22)20-7-6-19/h10,12-13H,2-9,11,19H2,1H3,(H,20,22). The Hall–Kier alpha value is -1.40. The average Bonchev–Trinajstić information content (AvgIpc) is 3.02. The lowest BCUT2D eigenvalue weighted by Crippen LogP contribution is -2.46. The lowest BCUT2D eigenvalue weighted by Gasteiger charge is -2.31. The molecule has 2 atom stereocenters. The molecule has 1 fully saturated rings. The summed E-state index contributed by atoms with van der Waals surface area (Å²) < 4.78 is 0. The third kappa shape index (κ3) is 3.81. The highest BCUT2D eigenvalue weighted by molar-refractivity contribution is 7.14. The molecule has 6 heteroatoms. The number of likely N-dealkylation sites (tertiary alicyclic amines) is 1. The van der Waals surface area contributed by atoms with Gasteiger partial charge in [-0.2, -0.15) is 0 Å². The molecule has 0 saturated carbocycles. The molecule has 2 amide bonds. The molecule has 2 heterocycles. The molecule has 1 aromatic rings. The van der Waals surface area contributed by atoms with E-state index in [0.717, 1.165) is 37.1 Å². The number of nitrogens with zero attached hydrogens (tertiary/aromatic N) is 1. The van der Waals surface area contributed by atoms with Crippen molar-refractivity contribution in [2.75, 3.05) is 26.2 Å². The number of rotatable bonds is 4. The second kappa shape index (κ2) is 7.66. The highest BCUT2D eigenvalue weighted by Crippen LogP contribution is 2.33. The van der Waals surface area contributed by atoms with Gasteiger partial charge in [-0.3, -0.25) is 9.59 Å². The first kappa shape index (κ1) is 17.4. The van der Waals surface area contributed by atoms with Gasteiger partial charge in [0.2, 0.25) is 5.91 Å². The summed E-state index contributed by atoms with van der Waals surface area (Å²) in [7, 11) is 0. The van der Waals surface area contributed by atoms with Crippen molar-refractivity contribution in [3.05, 3.63) is 21.4 Å². The summed E-state index contributed by atoms with van der Waals surface area (Å²) in [5.41, 5.74) is 6.80. The van der Waals surface area contributed by atoms with Gasteiger partial charge in [0.25, 0.3) is 5.91 Å². The van der Waals surface area contributed by atoms with Gasteiger partial charge >= 0.3 is 0 Å². The minimum Gasteiger partial charge on any atom is -0.355 e. The fourth-order valence-electron chi connectivity index (χ4n) is 3.68. The van der Waals surface area contributed by atoms with Gasteiger partial charge in [-0.1, -0.05) is 6.92 Å².